The normalized spacial score (nSPS) is 14.1. The Morgan fingerprint density at radius 2 is 2.14 bits per heavy atom. The highest BCUT2D eigenvalue weighted by atomic mass is 16.6. The molecule has 1 aromatic carbocycles. The van der Waals surface area contributed by atoms with Crippen LogP contribution in [0.3, 0.4) is 0 Å². The average molecular weight is 288 g/mol. The highest BCUT2D eigenvalue weighted by Gasteiger charge is 2.27. The summed E-state index contributed by atoms with van der Waals surface area (Å²) in [6.07, 6.45) is 1.58. The maximum Gasteiger partial charge on any atom is 0.295 e. The number of nitrogens with one attached hydrogen (secondary N) is 1. The van der Waals surface area contributed by atoms with Gasteiger partial charge >= 0.3 is 0 Å². The predicted octanol–water partition coefficient (Wildman–Crippen LogP) is 2.93. The van der Waals surface area contributed by atoms with Crippen LogP contribution in [0.15, 0.2) is 30.5 Å². The predicted molar refractivity (Wildman–Crippen MR) is 84.3 cm³/mol. The molecule has 1 heterocycles. The van der Waals surface area contributed by atoms with Gasteiger partial charge in [0.05, 0.1) is 4.92 Å². The van der Waals surface area contributed by atoms with Crippen molar-refractivity contribution in [2.75, 3.05) is 11.9 Å². The summed E-state index contributed by atoms with van der Waals surface area (Å²) in [7, 11) is 0. The number of rotatable bonds is 5. The Hall–Kier alpha value is -2.21. The molecule has 0 aliphatic rings. The van der Waals surface area contributed by atoms with Crippen LogP contribution in [-0.2, 0) is 0 Å². The number of nitrogens with two attached hydrogens (primary N) is 1. The second-order valence-electron chi connectivity index (χ2n) is 5.69. The standard InChI is InChI=1S/C15H20N4O2/c1-10(2)15(3,9-16)18-12-7-8-17-14-11(12)5-4-6-13(14)19(20)21/h4-8,10H,9,16H2,1-3H3,(H,17,18). The van der Waals surface area contributed by atoms with Crippen LogP contribution in [0.25, 0.3) is 10.9 Å². The van der Waals surface area contributed by atoms with Crippen molar-refractivity contribution < 1.29 is 4.92 Å². The Morgan fingerprint density at radius 1 is 1.43 bits per heavy atom. The Labute approximate surface area is 123 Å². The molecule has 6 nitrogen and oxygen atoms in total. The van der Waals surface area contributed by atoms with Crippen LogP contribution >= 0.6 is 0 Å². The van der Waals surface area contributed by atoms with Crippen LogP contribution < -0.4 is 11.1 Å². The lowest BCUT2D eigenvalue weighted by atomic mass is 9.88. The zero-order chi connectivity index (χ0) is 15.6. The second kappa shape index (κ2) is 5.65. The zero-order valence-corrected chi connectivity index (χ0v) is 12.5. The van der Waals surface area contributed by atoms with Crippen LogP contribution in [-0.4, -0.2) is 22.0 Å². The third kappa shape index (κ3) is 2.80. The Balaban J connectivity index is 2.56. The Morgan fingerprint density at radius 3 is 2.71 bits per heavy atom. The number of non-ortho nitro benzene ring substituents is 1. The van der Waals surface area contributed by atoms with E-state index in [1.54, 1.807) is 12.3 Å². The summed E-state index contributed by atoms with van der Waals surface area (Å²) in [4.78, 5) is 14.8. The van der Waals surface area contributed by atoms with Crippen molar-refractivity contribution in [1.82, 2.24) is 4.98 Å². The highest BCUT2D eigenvalue weighted by Crippen LogP contribution is 2.31. The lowest BCUT2D eigenvalue weighted by Crippen LogP contribution is -2.47. The van der Waals surface area contributed by atoms with Crippen molar-refractivity contribution in [3.63, 3.8) is 0 Å². The number of anilines is 1. The molecular weight excluding hydrogens is 268 g/mol. The summed E-state index contributed by atoms with van der Waals surface area (Å²) in [5, 5.41) is 15.3. The molecule has 0 aliphatic heterocycles. The quantitative estimate of drug-likeness (QED) is 0.651. The molecule has 0 aliphatic carbocycles. The zero-order valence-electron chi connectivity index (χ0n) is 12.5. The van der Waals surface area contributed by atoms with E-state index in [1.165, 1.54) is 6.07 Å². The van der Waals surface area contributed by atoms with Gasteiger partial charge in [0, 0.05) is 35.4 Å². The monoisotopic (exact) mass is 288 g/mol. The minimum Gasteiger partial charge on any atom is -0.378 e. The first kappa shape index (κ1) is 15.2. The summed E-state index contributed by atoms with van der Waals surface area (Å²) in [5.74, 6) is 0.310. The van der Waals surface area contributed by atoms with E-state index in [4.69, 9.17) is 5.73 Å². The van der Waals surface area contributed by atoms with Crippen molar-refractivity contribution in [2.45, 2.75) is 26.3 Å². The molecular formula is C15H20N4O2. The second-order valence-corrected chi connectivity index (χ2v) is 5.69. The van der Waals surface area contributed by atoms with Crippen LogP contribution in [0.1, 0.15) is 20.8 Å². The van der Waals surface area contributed by atoms with Gasteiger partial charge in [-0.05, 0) is 18.9 Å². The van der Waals surface area contributed by atoms with E-state index in [-0.39, 0.29) is 11.2 Å². The number of aromatic nitrogens is 1. The fraction of sp³-hybridized carbons (Fsp3) is 0.400. The maximum atomic E-state index is 11.1. The lowest BCUT2D eigenvalue weighted by molar-refractivity contribution is -0.383. The van der Waals surface area contributed by atoms with Crippen molar-refractivity contribution in [3.8, 4) is 0 Å². The summed E-state index contributed by atoms with van der Waals surface area (Å²) in [5.41, 5.74) is 6.80. The molecule has 0 saturated carbocycles. The Bertz CT molecular complexity index is 672. The first-order valence-electron chi connectivity index (χ1n) is 6.89. The van der Waals surface area contributed by atoms with Crippen molar-refractivity contribution in [3.05, 3.63) is 40.6 Å². The minimum absolute atomic E-state index is 0.00940. The van der Waals surface area contributed by atoms with Gasteiger partial charge in [-0.15, -0.1) is 0 Å². The molecule has 2 aromatic rings. The van der Waals surface area contributed by atoms with Crippen LogP contribution in [0.5, 0.6) is 0 Å². The molecule has 1 unspecified atom stereocenters. The van der Waals surface area contributed by atoms with Gasteiger partial charge in [-0.1, -0.05) is 26.0 Å². The van der Waals surface area contributed by atoms with Gasteiger partial charge in [0.2, 0.25) is 0 Å². The minimum atomic E-state index is -0.413. The molecule has 6 heteroatoms. The number of nitro groups is 1. The fourth-order valence-corrected chi connectivity index (χ4v) is 2.16. The van der Waals surface area contributed by atoms with Crippen molar-refractivity contribution >= 4 is 22.3 Å². The molecule has 1 atom stereocenters. The van der Waals surface area contributed by atoms with E-state index in [9.17, 15) is 10.1 Å². The van der Waals surface area contributed by atoms with E-state index < -0.39 is 4.92 Å². The first-order valence-corrected chi connectivity index (χ1v) is 6.89. The maximum absolute atomic E-state index is 11.1. The fourth-order valence-electron chi connectivity index (χ4n) is 2.16. The van der Waals surface area contributed by atoms with Crippen LogP contribution in [0.2, 0.25) is 0 Å². The number of hydrogen-bond donors (Lipinski definition) is 2. The number of nitro benzene ring substituents is 1. The molecule has 3 N–H and O–H groups in total. The topological polar surface area (TPSA) is 94.1 Å². The number of benzene rings is 1. The van der Waals surface area contributed by atoms with Crippen LogP contribution in [0, 0.1) is 16.0 Å². The Kier molecular flexibility index (Phi) is 4.09. The highest BCUT2D eigenvalue weighted by molar-refractivity contribution is 5.96. The van der Waals surface area contributed by atoms with E-state index in [2.05, 4.69) is 24.1 Å². The molecule has 0 radical (unpaired) electrons. The molecule has 112 valence electrons. The smallest absolute Gasteiger partial charge is 0.295 e. The summed E-state index contributed by atoms with van der Waals surface area (Å²) >= 11 is 0. The molecule has 21 heavy (non-hydrogen) atoms. The lowest BCUT2D eigenvalue weighted by Gasteiger charge is -2.35. The van der Waals surface area contributed by atoms with E-state index >= 15 is 0 Å². The third-order valence-electron chi connectivity index (χ3n) is 4.06. The summed E-state index contributed by atoms with van der Waals surface area (Å²) < 4.78 is 0. The number of para-hydroxylation sites is 1. The number of nitrogens with zero attached hydrogens (tertiary/aromatic N) is 2. The summed E-state index contributed by atoms with van der Waals surface area (Å²) in [6, 6.07) is 6.78. The number of hydrogen-bond acceptors (Lipinski definition) is 5. The van der Waals surface area contributed by atoms with Crippen molar-refractivity contribution in [2.24, 2.45) is 11.7 Å². The molecule has 0 bridgehead atoms. The molecule has 0 amide bonds. The van der Waals surface area contributed by atoms with E-state index in [0.717, 1.165) is 11.1 Å². The largest absolute Gasteiger partial charge is 0.378 e. The molecule has 0 spiro atoms. The van der Waals surface area contributed by atoms with Gasteiger partial charge in [-0.25, -0.2) is 4.98 Å². The van der Waals surface area contributed by atoms with E-state index in [1.807, 2.05) is 19.1 Å². The number of fused-ring (bicyclic) bond motifs is 1. The van der Waals surface area contributed by atoms with Gasteiger partial charge in [0.1, 0.15) is 5.52 Å². The van der Waals surface area contributed by atoms with Gasteiger partial charge in [-0.3, -0.25) is 10.1 Å². The first-order chi connectivity index (χ1) is 9.89. The molecule has 1 aromatic heterocycles. The van der Waals surface area contributed by atoms with Gasteiger partial charge in [-0.2, -0.15) is 0 Å². The summed E-state index contributed by atoms with van der Waals surface area (Å²) in [6.45, 7) is 6.68. The van der Waals surface area contributed by atoms with Crippen molar-refractivity contribution in [1.29, 1.82) is 0 Å². The average Bonchev–Trinajstić information content (AvgIpc) is 2.46. The van der Waals surface area contributed by atoms with Gasteiger partial charge in [0.15, 0.2) is 0 Å². The molecule has 0 saturated heterocycles. The number of pyridine rings is 1. The third-order valence-corrected chi connectivity index (χ3v) is 4.06. The van der Waals surface area contributed by atoms with E-state index in [0.29, 0.717) is 18.0 Å². The van der Waals surface area contributed by atoms with Gasteiger partial charge in [0.25, 0.3) is 5.69 Å². The van der Waals surface area contributed by atoms with Crippen LogP contribution in [0.4, 0.5) is 11.4 Å². The molecule has 2 rings (SSSR count). The van der Waals surface area contributed by atoms with Gasteiger partial charge < -0.3 is 11.1 Å². The molecule has 0 fully saturated rings. The SMILES string of the molecule is CC(C)C(C)(CN)Nc1ccnc2c([N+](=O)[O-])cccc12.